The molecule has 3 heteroatoms. The van der Waals surface area contributed by atoms with Crippen LogP contribution < -0.4 is 5.32 Å². The van der Waals surface area contributed by atoms with Crippen molar-refractivity contribution in [1.29, 1.82) is 0 Å². The van der Waals surface area contributed by atoms with Crippen LogP contribution in [0.25, 0.3) is 0 Å². The molecule has 1 unspecified atom stereocenters. The summed E-state index contributed by atoms with van der Waals surface area (Å²) in [6.45, 7) is 7.10. The molecule has 0 fully saturated rings. The van der Waals surface area contributed by atoms with Crippen molar-refractivity contribution in [3.8, 4) is 0 Å². The zero-order valence-corrected chi connectivity index (χ0v) is 10.7. The normalized spacial score (nSPS) is 12.9. The number of nitrogens with one attached hydrogen (secondary N) is 1. The van der Waals surface area contributed by atoms with E-state index in [1.807, 2.05) is 19.1 Å². The maximum absolute atomic E-state index is 5.52. The summed E-state index contributed by atoms with van der Waals surface area (Å²) in [5.41, 5.74) is 1.36. The molecule has 1 atom stereocenters. The maximum atomic E-state index is 5.52. The van der Waals surface area contributed by atoms with E-state index in [4.69, 9.17) is 4.42 Å². The van der Waals surface area contributed by atoms with E-state index in [0.717, 1.165) is 18.1 Å². The Morgan fingerprint density at radius 1 is 1.31 bits per heavy atom. The highest BCUT2D eigenvalue weighted by atomic mass is 32.1. The topological polar surface area (TPSA) is 25.2 Å². The molecule has 0 aromatic carbocycles. The second-order valence-corrected chi connectivity index (χ2v) is 5.03. The number of hydrogen-bond acceptors (Lipinski definition) is 3. The SMILES string of the molecule is Cc1ccc(CNC(C)c2sccc2C)o1. The minimum absolute atomic E-state index is 0.380. The van der Waals surface area contributed by atoms with Crippen LogP contribution in [0.2, 0.25) is 0 Å². The summed E-state index contributed by atoms with van der Waals surface area (Å²) in [4.78, 5) is 1.41. The van der Waals surface area contributed by atoms with Gasteiger partial charge in [-0.15, -0.1) is 11.3 Å². The molecule has 2 aromatic heterocycles. The van der Waals surface area contributed by atoms with Gasteiger partial charge in [0.05, 0.1) is 6.54 Å². The van der Waals surface area contributed by atoms with Crippen LogP contribution in [-0.4, -0.2) is 0 Å². The Bertz CT molecular complexity index is 458. The van der Waals surface area contributed by atoms with Gasteiger partial charge in [0.25, 0.3) is 0 Å². The predicted octanol–water partition coefficient (Wildman–Crippen LogP) is 3.81. The minimum Gasteiger partial charge on any atom is -0.465 e. The van der Waals surface area contributed by atoms with Gasteiger partial charge in [0.2, 0.25) is 0 Å². The van der Waals surface area contributed by atoms with E-state index in [1.54, 1.807) is 11.3 Å². The number of rotatable bonds is 4. The molecule has 2 heterocycles. The van der Waals surface area contributed by atoms with E-state index in [0.29, 0.717) is 6.04 Å². The molecule has 0 bridgehead atoms. The fourth-order valence-electron chi connectivity index (χ4n) is 1.75. The van der Waals surface area contributed by atoms with Crippen LogP contribution in [0, 0.1) is 13.8 Å². The lowest BCUT2D eigenvalue weighted by Crippen LogP contribution is -2.17. The highest BCUT2D eigenvalue weighted by Crippen LogP contribution is 2.23. The minimum atomic E-state index is 0.380. The van der Waals surface area contributed by atoms with Gasteiger partial charge in [-0.05, 0) is 49.9 Å². The van der Waals surface area contributed by atoms with Gasteiger partial charge in [0.15, 0.2) is 0 Å². The van der Waals surface area contributed by atoms with Crippen molar-refractivity contribution in [1.82, 2.24) is 5.32 Å². The Hall–Kier alpha value is -1.06. The van der Waals surface area contributed by atoms with Crippen molar-refractivity contribution >= 4 is 11.3 Å². The number of hydrogen-bond donors (Lipinski definition) is 1. The fourth-order valence-corrected chi connectivity index (χ4v) is 2.71. The molecule has 1 N–H and O–H groups in total. The van der Waals surface area contributed by atoms with E-state index >= 15 is 0 Å². The van der Waals surface area contributed by atoms with Crippen LogP contribution in [0.5, 0.6) is 0 Å². The van der Waals surface area contributed by atoms with Gasteiger partial charge in [0.1, 0.15) is 11.5 Å². The monoisotopic (exact) mass is 235 g/mol. The van der Waals surface area contributed by atoms with Crippen molar-refractivity contribution in [2.75, 3.05) is 0 Å². The van der Waals surface area contributed by atoms with Gasteiger partial charge in [-0.1, -0.05) is 0 Å². The molecule has 0 aliphatic carbocycles. The van der Waals surface area contributed by atoms with Gasteiger partial charge in [-0.25, -0.2) is 0 Å². The predicted molar refractivity (Wildman–Crippen MR) is 67.8 cm³/mol. The second-order valence-electron chi connectivity index (χ2n) is 4.08. The van der Waals surface area contributed by atoms with Crippen LogP contribution >= 0.6 is 11.3 Å². The average molecular weight is 235 g/mol. The zero-order valence-electron chi connectivity index (χ0n) is 9.91. The lowest BCUT2D eigenvalue weighted by molar-refractivity contribution is 0.445. The Labute approximate surface area is 100 Å². The van der Waals surface area contributed by atoms with Crippen molar-refractivity contribution in [2.45, 2.75) is 33.4 Å². The largest absolute Gasteiger partial charge is 0.465 e. The second kappa shape index (κ2) is 4.85. The van der Waals surface area contributed by atoms with Crippen molar-refractivity contribution < 1.29 is 4.42 Å². The Balaban J connectivity index is 1.93. The Morgan fingerprint density at radius 3 is 2.69 bits per heavy atom. The summed E-state index contributed by atoms with van der Waals surface area (Å²) < 4.78 is 5.52. The summed E-state index contributed by atoms with van der Waals surface area (Å²) in [5, 5.41) is 5.61. The lowest BCUT2D eigenvalue weighted by atomic mass is 10.2. The molecule has 0 amide bonds. The quantitative estimate of drug-likeness (QED) is 0.871. The first-order valence-electron chi connectivity index (χ1n) is 5.49. The number of thiophene rings is 1. The van der Waals surface area contributed by atoms with Gasteiger partial charge in [-0.2, -0.15) is 0 Å². The molecule has 16 heavy (non-hydrogen) atoms. The molecule has 0 saturated heterocycles. The van der Waals surface area contributed by atoms with Crippen LogP contribution in [-0.2, 0) is 6.54 Å². The third-order valence-corrected chi connectivity index (χ3v) is 3.88. The molecule has 0 aliphatic rings. The molecule has 0 spiro atoms. The first-order chi connectivity index (χ1) is 7.66. The molecular formula is C13H17NOS. The third kappa shape index (κ3) is 2.54. The molecular weight excluding hydrogens is 218 g/mol. The van der Waals surface area contributed by atoms with E-state index in [-0.39, 0.29) is 0 Å². The highest BCUT2D eigenvalue weighted by molar-refractivity contribution is 7.10. The number of aryl methyl sites for hydroxylation is 2. The van der Waals surface area contributed by atoms with Crippen LogP contribution in [0.3, 0.4) is 0 Å². The third-order valence-electron chi connectivity index (χ3n) is 2.67. The smallest absolute Gasteiger partial charge is 0.117 e. The zero-order chi connectivity index (χ0) is 11.5. The van der Waals surface area contributed by atoms with Gasteiger partial charge in [-0.3, -0.25) is 0 Å². The first kappa shape index (κ1) is 11.4. The fraction of sp³-hybridized carbons (Fsp3) is 0.385. The standard InChI is InChI=1S/C13H17NOS/c1-9-6-7-16-13(9)11(3)14-8-12-5-4-10(2)15-12/h4-7,11,14H,8H2,1-3H3. The molecule has 2 rings (SSSR count). The van der Waals surface area contributed by atoms with E-state index in [2.05, 4.69) is 30.6 Å². The molecule has 2 aromatic rings. The highest BCUT2D eigenvalue weighted by Gasteiger charge is 2.09. The van der Waals surface area contributed by atoms with Crippen LogP contribution in [0.15, 0.2) is 28.0 Å². The first-order valence-corrected chi connectivity index (χ1v) is 6.37. The average Bonchev–Trinajstić information content (AvgIpc) is 2.84. The maximum Gasteiger partial charge on any atom is 0.117 e. The molecule has 0 aliphatic heterocycles. The summed E-state index contributed by atoms with van der Waals surface area (Å²) >= 11 is 1.80. The van der Waals surface area contributed by atoms with Gasteiger partial charge < -0.3 is 9.73 Å². The van der Waals surface area contributed by atoms with Gasteiger partial charge in [0, 0.05) is 10.9 Å². The van der Waals surface area contributed by atoms with Crippen LogP contribution in [0.4, 0.5) is 0 Å². The summed E-state index contributed by atoms with van der Waals surface area (Å²) in [7, 11) is 0. The van der Waals surface area contributed by atoms with Crippen molar-refractivity contribution in [3.05, 3.63) is 45.5 Å². The molecule has 86 valence electrons. The Kier molecular flexibility index (Phi) is 3.46. The summed E-state index contributed by atoms with van der Waals surface area (Å²) in [6, 6.07) is 6.56. The van der Waals surface area contributed by atoms with Gasteiger partial charge >= 0.3 is 0 Å². The molecule has 0 saturated carbocycles. The number of furan rings is 1. The van der Waals surface area contributed by atoms with Crippen LogP contribution in [0.1, 0.15) is 34.9 Å². The molecule has 0 radical (unpaired) electrons. The summed E-state index contributed by atoms with van der Waals surface area (Å²) in [6.07, 6.45) is 0. The van der Waals surface area contributed by atoms with E-state index < -0.39 is 0 Å². The summed E-state index contributed by atoms with van der Waals surface area (Å²) in [5.74, 6) is 1.97. The Morgan fingerprint density at radius 2 is 2.12 bits per heavy atom. The van der Waals surface area contributed by atoms with E-state index in [1.165, 1.54) is 10.4 Å². The van der Waals surface area contributed by atoms with Crippen molar-refractivity contribution in [3.63, 3.8) is 0 Å². The van der Waals surface area contributed by atoms with Crippen molar-refractivity contribution in [2.24, 2.45) is 0 Å². The van der Waals surface area contributed by atoms with E-state index in [9.17, 15) is 0 Å². The molecule has 2 nitrogen and oxygen atoms in total. The lowest BCUT2D eigenvalue weighted by Gasteiger charge is -2.12.